The van der Waals surface area contributed by atoms with Gasteiger partial charge in [0.1, 0.15) is 6.61 Å². The molecule has 0 bridgehead atoms. The lowest BCUT2D eigenvalue weighted by Crippen LogP contribution is -2.29. The summed E-state index contributed by atoms with van der Waals surface area (Å²) in [6, 6.07) is 7.71. The number of nitrogens with one attached hydrogen (secondary N) is 1. The van der Waals surface area contributed by atoms with Crippen LogP contribution in [-0.4, -0.2) is 36.0 Å². The minimum atomic E-state index is -0.118. The fourth-order valence-corrected chi connectivity index (χ4v) is 3.75. The maximum atomic E-state index is 12.2. The Balaban J connectivity index is 1.49. The van der Waals surface area contributed by atoms with Crippen LogP contribution in [0.3, 0.4) is 0 Å². The Hall–Kier alpha value is -1.88. The van der Waals surface area contributed by atoms with E-state index in [-0.39, 0.29) is 24.5 Å². The van der Waals surface area contributed by atoms with Crippen molar-refractivity contribution < 1.29 is 14.3 Å². The highest BCUT2D eigenvalue weighted by Gasteiger charge is 2.23. The van der Waals surface area contributed by atoms with Crippen LogP contribution >= 0.6 is 0 Å². The van der Waals surface area contributed by atoms with Crippen LogP contribution in [0.2, 0.25) is 0 Å². The molecule has 2 atom stereocenters. The Morgan fingerprint density at radius 2 is 2.12 bits per heavy atom. The average Bonchev–Trinajstić information content (AvgIpc) is 2.99. The Morgan fingerprint density at radius 3 is 2.88 bits per heavy atom. The minimum Gasteiger partial charge on any atom is -0.368 e. The zero-order chi connectivity index (χ0) is 17.6. The maximum absolute atomic E-state index is 12.2. The summed E-state index contributed by atoms with van der Waals surface area (Å²) in [7, 11) is 0. The van der Waals surface area contributed by atoms with Gasteiger partial charge in [-0.1, -0.05) is 31.9 Å². The number of likely N-dealkylation sites (tertiary alicyclic amines) is 1. The van der Waals surface area contributed by atoms with Gasteiger partial charge in [0.2, 0.25) is 11.8 Å². The maximum Gasteiger partial charge on any atom is 0.250 e. The van der Waals surface area contributed by atoms with Crippen LogP contribution in [0.1, 0.15) is 51.0 Å². The van der Waals surface area contributed by atoms with Gasteiger partial charge in [0.05, 0.1) is 6.10 Å². The van der Waals surface area contributed by atoms with Gasteiger partial charge in [0.25, 0.3) is 0 Å². The van der Waals surface area contributed by atoms with Crippen LogP contribution in [0.5, 0.6) is 0 Å². The van der Waals surface area contributed by atoms with Gasteiger partial charge in [0, 0.05) is 25.2 Å². The molecule has 2 fully saturated rings. The molecule has 1 aliphatic carbocycles. The first-order valence-corrected chi connectivity index (χ1v) is 9.40. The van der Waals surface area contributed by atoms with E-state index in [9.17, 15) is 9.59 Å². The molecule has 5 heteroatoms. The Morgan fingerprint density at radius 1 is 1.28 bits per heavy atom. The first kappa shape index (κ1) is 17.9. The second kappa shape index (κ2) is 8.48. The zero-order valence-corrected chi connectivity index (χ0v) is 15.0. The van der Waals surface area contributed by atoms with Gasteiger partial charge in [-0.05, 0) is 42.9 Å². The van der Waals surface area contributed by atoms with Gasteiger partial charge in [0.15, 0.2) is 0 Å². The summed E-state index contributed by atoms with van der Waals surface area (Å²) in [5.74, 6) is 0.625. The Labute approximate surface area is 149 Å². The molecule has 2 aliphatic rings. The molecular formula is C20H28N2O3. The van der Waals surface area contributed by atoms with Crippen LogP contribution in [0.15, 0.2) is 24.3 Å². The van der Waals surface area contributed by atoms with Gasteiger partial charge in [-0.25, -0.2) is 0 Å². The lowest BCUT2D eigenvalue weighted by Gasteiger charge is -2.28. The van der Waals surface area contributed by atoms with Crippen molar-refractivity contribution in [1.82, 2.24) is 4.90 Å². The summed E-state index contributed by atoms with van der Waals surface area (Å²) < 4.78 is 5.82. The standard InChI is InChI=1S/C20H28N2O3/c1-15-6-2-3-9-18(15)25-14-19(23)21-17-8-4-7-16(12-17)13-22-11-5-10-20(22)24/h4,7-8,12,15,18H,2-3,5-6,9-11,13-14H2,1H3,(H,21,23)/t15-,18+/m1/s1. The monoisotopic (exact) mass is 344 g/mol. The van der Waals surface area contributed by atoms with Crippen LogP contribution in [0.25, 0.3) is 0 Å². The first-order valence-electron chi connectivity index (χ1n) is 9.40. The Bertz CT molecular complexity index is 617. The highest BCUT2D eigenvalue weighted by molar-refractivity contribution is 5.91. The van der Waals surface area contributed by atoms with Crippen molar-refractivity contribution in [3.63, 3.8) is 0 Å². The van der Waals surface area contributed by atoms with E-state index < -0.39 is 0 Å². The Kier molecular flexibility index (Phi) is 6.08. The molecule has 0 unspecified atom stereocenters. The topological polar surface area (TPSA) is 58.6 Å². The molecule has 0 spiro atoms. The molecule has 1 saturated heterocycles. The summed E-state index contributed by atoms with van der Waals surface area (Å²) in [5.41, 5.74) is 1.80. The van der Waals surface area contributed by atoms with Gasteiger partial charge >= 0.3 is 0 Å². The van der Waals surface area contributed by atoms with Crippen LogP contribution in [-0.2, 0) is 20.9 Å². The normalized spacial score (nSPS) is 23.7. The van der Waals surface area contributed by atoms with E-state index in [1.165, 1.54) is 19.3 Å². The molecule has 1 aliphatic heterocycles. The van der Waals surface area contributed by atoms with Gasteiger partial charge in [-0.15, -0.1) is 0 Å². The van der Waals surface area contributed by atoms with Crippen molar-refractivity contribution in [1.29, 1.82) is 0 Å². The molecule has 2 amide bonds. The lowest BCUT2D eigenvalue weighted by atomic mass is 9.88. The molecule has 1 saturated carbocycles. The van der Waals surface area contributed by atoms with E-state index in [0.29, 0.717) is 18.9 Å². The number of anilines is 1. The van der Waals surface area contributed by atoms with Gasteiger partial charge in [-0.3, -0.25) is 9.59 Å². The van der Waals surface area contributed by atoms with Gasteiger partial charge < -0.3 is 15.0 Å². The minimum absolute atomic E-state index is 0.101. The molecule has 1 aromatic rings. The number of carbonyl (C=O) groups is 2. The number of benzene rings is 1. The number of ether oxygens (including phenoxy) is 1. The third kappa shape index (κ3) is 5.05. The summed E-state index contributed by atoms with van der Waals surface area (Å²) in [5, 5.41) is 2.91. The van der Waals surface area contributed by atoms with E-state index >= 15 is 0 Å². The van der Waals surface area contributed by atoms with E-state index in [4.69, 9.17) is 4.74 Å². The molecule has 1 heterocycles. The molecule has 3 rings (SSSR count). The molecule has 1 N–H and O–H groups in total. The zero-order valence-electron chi connectivity index (χ0n) is 15.0. The van der Waals surface area contributed by atoms with Gasteiger partial charge in [-0.2, -0.15) is 0 Å². The van der Waals surface area contributed by atoms with Crippen molar-refractivity contribution in [2.45, 2.75) is 58.1 Å². The van der Waals surface area contributed by atoms with E-state index in [1.54, 1.807) is 0 Å². The molecule has 0 radical (unpaired) electrons. The summed E-state index contributed by atoms with van der Waals surface area (Å²) >= 11 is 0. The fourth-order valence-electron chi connectivity index (χ4n) is 3.75. The molecular weight excluding hydrogens is 316 g/mol. The molecule has 1 aromatic carbocycles. The summed E-state index contributed by atoms with van der Waals surface area (Å²) in [4.78, 5) is 25.8. The van der Waals surface area contributed by atoms with E-state index in [1.807, 2.05) is 29.2 Å². The number of hydrogen-bond acceptors (Lipinski definition) is 3. The van der Waals surface area contributed by atoms with Crippen molar-refractivity contribution in [2.24, 2.45) is 5.92 Å². The first-order chi connectivity index (χ1) is 12.1. The molecule has 0 aromatic heterocycles. The lowest BCUT2D eigenvalue weighted by molar-refractivity contribution is -0.128. The highest BCUT2D eigenvalue weighted by atomic mass is 16.5. The number of carbonyl (C=O) groups excluding carboxylic acids is 2. The third-order valence-electron chi connectivity index (χ3n) is 5.22. The van der Waals surface area contributed by atoms with Crippen molar-refractivity contribution in [2.75, 3.05) is 18.5 Å². The quantitative estimate of drug-likeness (QED) is 0.861. The largest absolute Gasteiger partial charge is 0.368 e. The van der Waals surface area contributed by atoms with Crippen LogP contribution in [0.4, 0.5) is 5.69 Å². The smallest absolute Gasteiger partial charge is 0.250 e. The highest BCUT2D eigenvalue weighted by Crippen LogP contribution is 2.26. The van der Waals surface area contributed by atoms with Crippen molar-refractivity contribution in [3.05, 3.63) is 29.8 Å². The second-order valence-electron chi connectivity index (χ2n) is 7.28. The number of hydrogen-bond donors (Lipinski definition) is 1. The SMILES string of the molecule is C[C@@H]1CCCC[C@@H]1OCC(=O)Nc1cccc(CN2CCCC2=O)c1. The van der Waals surface area contributed by atoms with Crippen molar-refractivity contribution in [3.8, 4) is 0 Å². The molecule has 25 heavy (non-hydrogen) atoms. The summed E-state index contributed by atoms with van der Waals surface area (Å²) in [6.45, 7) is 3.73. The van der Waals surface area contributed by atoms with Crippen LogP contribution < -0.4 is 5.32 Å². The van der Waals surface area contributed by atoms with Crippen LogP contribution in [0, 0.1) is 5.92 Å². The fraction of sp³-hybridized carbons (Fsp3) is 0.600. The number of rotatable bonds is 6. The number of nitrogens with zero attached hydrogens (tertiary/aromatic N) is 1. The molecule has 5 nitrogen and oxygen atoms in total. The van der Waals surface area contributed by atoms with E-state index in [0.717, 1.165) is 30.6 Å². The predicted octanol–water partition coefficient (Wildman–Crippen LogP) is 3.34. The average molecular weight is 344 g/mol. The summed E-state index contributed by atoms with van der Waals surface area (Å²) in [6.07, 6.45) is 6.47. The molecule has 136 valence electrons. The number of amides is 2. The predicted molar refractivity (Wildman–Crippen MR) is 97.1 cm³/mol. The second-order valence-corrected chi connectivity index (χ2v) is 7.28. The third-order valence-corrected chi connectivity index (χ3v) is 5.22. The van der Waals surface area contributed by atoms with E-state index in [2.05, 4.69) is 12.2 Å². The van der Waals surface area contributed by atoms with Crippen molar-refractivity contribution >= 4 is 17.5 Å².